The van der Waals surface area contributed by atoms with Gasteiger partial charge in [0.05, 0.1) is 12.7 Å². The van der Waals surface area contributed by atoms with Crippen molar-refractivity contribution in [3.63, 3.8) is 0 Å². The van der Waals surface area contributed by atoms with Gasteiger partial charge in [-0.1, -0.05) is 6.07 Å². The van der Waals surface area contributed by atoms with Crippen LogP contribution in [0.4, 0.5) is 4.39 Å². The van der Waals surface area contributed by atoms with E-state index in [9.17, 15) is 9.18 Å². The summed E-state index contributed by atoms with van der Waals surface area (Å²) in [6, 6.07) is 8.73. The molecule has 4 heterocycles. The van der Waals surface area contributed by atoms with E-state index in [1.54, 1.807) is 19.4 Å². The predicted molar refractivity (Wildman–Crippen MR) is 112 cm³/mol. The van der Waals surface area contributed by atoms with Crippen LogP contribution in [-0.2, 0) is 20.1 Å². The Bertz CT molecular complexity index is 1150. The molecule has 2 aromatic heterocycles. The van der Waals surface area contributed by atoms with Gasteiger partial charge < -0.3 is 13.9 Å². The normalized spacial score (nSPS) is 20.8. The van der Waals surface area contributed by atoms with Crippen molar-refractivity contribution in [3.8, 4) is 17.1 Å². The maximum atomic E-state index is 13.5. The third-order valence-corrected chi connectivity index (χ3v) is 6.39. The molecule has 2 aliphatic heterocycles. The molecular formula is C23H25FN4O2. The highest BCUT2D eigenvalue weighted by Gasteiger charge is 2.35. The summed E-state index contributed by atoms with van der Waals surface area (Å²) < 4.78 is 22.7. The van der Waals surface area contributed by atoms with Gasteiger partial charge in [-0.25, -0.2) is 9.37 Å². The first-order valence-electron chi connectivity index (χ1n) is 10.3. The molecule has 0 radical (unpaired) electrons. The molecule has 7 heteroatoms. The van der Waals surface area contributed by atoms with Crippen molar-refractivity contribution >= 4 is 0 Å². The van der Waals surface area contributed by atoms with Crippen LogP contribution in [0.5, 0.6) is 5.75 Å². The molecule has 0 amide bonds. The molecule has 0 unspecified atom stereocenters. The standard InChI is InChI=1S/C23H25FN4O2/c1-26-8-7-25-22(26)19-5-6-20-17-9-15(12-28(20)23(19)29)11-27(14-17)13-16-3-4-18(24)10-21(16)30-2/h3-8,10,15,17H,9,11-14H2,1-2H3/t15-,17+/m0/s1. The van der Waals surface area contributed by atoms with E-state index in [0.29, 0.717) is 35.5 Å². The average Bonchev–Trinajstić information content (AvgIpc) is 3.15. The fourth-order valence-electron chi connectivity index (χ4n) is 5.06. The third kappa shape index (κ3) is 3.23. The van der Waals surface area contributed by atoms with Gasteiger partial charge >= 0.3 is 0 Å². The van der Waals surface area contributed by atoms with Crippen LogP contribution in [0.3, 0.4) is 0 Å². The number of fused-ring (bicyclic) bond motifs is 4. The number of hydrogen-bond acceptors (Lipinski definition) is 4. The number of piperidine rings is 1. The summed E-state index contributed by atoms with van der Waals surface area (Å²) in [5, 5.41) is 0. The van der Waals surface area contributed by atoms with Crippen LogP contribution in [0.1, 0.15) is 23.6 Å². The first-order chi connectivity index (χ1) is 14.5. The largest absolute Gasteiger partial charge is 0.496 e. The molecule has 2 bridgehead atoms. The highest BCUT2D eigenvalue weighted by Crippen LogP contribution is 2.36. The van der Waals surface area contributed by atoms with E-state index < -0.39 is 0 Å². The molecule has 1 saturated heterocycles. The minimum absolute atomic E-state index is 0.0464. The molecule has 0 aliphatic carbocycles. The maximum absolute atomic E-state index is 13.5. The zero-order chi connectivity index (χ0) is 20.8. The summed E-state index contributed by atoms with van der Waals surface area (Å²) in [6.45, 7) is 3.22. The van der Waals surface area contributed by atoms with Crippen molar-refractivity contribution in [2.24, 2.45) is 13.0 Å². The van der Waals surface area contributed by atoms with Gasteiger partial charge in [0.1, 0.15) is 17.4 Å². The quantitative estimate of drug-likeness (QED) is 0.666. The lowest BCUT2D eigenvalue weighted by molar-refractivity contribution is 0.113. The van der Waals surface area contributed by atoms with E-state index in [4.69, 9.17) is 4.74 Å². The molecule has 0 N–H and O–H groups in total. The molecule has 0 spiro atoms. The molecule has 5 rings (SSSR count). The number of imidazole rings is 1. The number of aromatic nitrogens is 3. The van der Waals surface area contributed by atoms with Crippen molar-refractivity contribution in [3.05, 3.63) is 70.2 Å². The van der Waals surface area contributed by atoms with Crippen molar-refractivity contribution in [1.29, 1.82) is 0 Å². The first kappa shape index (κ1) is 19.1. The molecule has 6 nitrogen and oxygen atoms in total. The molecule has 30 heavy (non-hydrogen) atoms. The Morgan fingerprint density at radius 1 is 1.20 bits per heavy atom. The molecule has 2 atom stereocenters. The molecule has 1 fully saturated rings. The fraction of sp³-hybridized carbons (Fsp3) is 0.391. The van der Waals surface area contributed by atoms with Gasteiger partial charge in [-0.15, -0.1) is 0 Å². The van der Waals surface area contributed by atoms with E-state index in [1.165, 1.54) is 12.1 Å². The third-order valence-electron chi connectivity index (χ3n) is 6.39. The van der Waals surface area contributed by atoms with Crippen LogP contribution in [0.25, 0.3) is 11.4 Å². The minimum Gasteiger partial charge on any atom is -0.496 e. The Morgan fingerprint density at radius 2 is 2.07 bits per heavy atom. The predicted octanol–water partition coefficient (Wildman–Crippen LogP) is 3.02. The molecule has 1 aromatic carbocycles. The molecule has 2 aliphatic rings. The first-order valence-corrected chi connectivity index (χ1v) is 10.3. The monoisotopic (exact) mass is 408 g/mol. The van der Waals surface area contributed by atoms with Crippen LogP contribution in [-0.4, -0.2) is 39.2 Å². The summed E-state index contributed by atoms with van der Waals surface area (Å²) in [4.78, 5) is 20.0. The zero-order valence-corrected chi connectivity index (χ0v) is 17.2. The van der Waals surface area contributed by atoms with Gasteiger partial charge in [0.2, 0.25) is 0 Å². The summed E-state index contributed by atoms with van der Waals surface area (Å²) in [6.07, 6.45) is 4.67. The number of aryl methyl sites for hydroxylation is 1. The lowest BCUT2D eigenvalue weighted by Gasteiger charge is -2.43. The van der Waals surface area contributed by atoms with Crippen LogP contribution in [0.15, 0.2) is 47.5 Å². The number of benzene rings is 1. The van der Waals surface area contributed by atoms with Crippen LogP contribution >= 0.6 is 0 Å². The molecule has 0 saturated carbocycles. The molecule has 156 valence electrons. The summed E-state index contributed by atoms with van der Waals surface area (Å²) in [7, 11) is 3.48. The van der Waals surface area contributed by atoms with Crippen LogP contribution < -0.4 is 10.3 Å². The van der Waals surface area contributed by atoms with Crippen molar-refractivity contribution in [2.45, 2.75) is 25.4 Å². The lowest BCUT2D eigenvalue weighted by atomic mass is 9.82. The van der Waals surface area contributed by atoms with Gasteiger partial charge in [0, 0.05) is 68.9 Å². The minimum atomic E-state index is -0.289. The van der Waals surface area contributed by atoms with Crippen molar-refractivity contribution in [2.75, 3.05) is 20.2 Å². The number of halogens is 1. The Morgan fingerprint density at radius 3 is 2.83 bits per heavy atom. The van der Waals surface area contributed by atoms with Crippen LogP contribution in [0, 0.1) is 11.7 Å². The van der Waals surface area contributed by atoms with E-state index in [-0.39, 0.29) is 11.4 Å². The smallest absolute Gasteiger partial charge is 0.261 e. The topological polar surface area (TPSA) is 52.3 Å². The Balaban J connectivity index is 1.42. The highest BCUT2D eigenvalue weighted by molar-refractivity contribution is 5.54. The number of rotatable bonds is 4. The molecular weight excluding hydrogens is 383 g/mol. The Hall–Kier alpha value is -2.93. The molecule has 3 aromatic rings. The second kappa shape index (κ2) is 7.40. The number of pyridine rings is 1. The van der Waals surface area contributed by atoms with E-state index in [2.05, 4.69) is 16.0 Å². The maximum Gasteiger partial charge on any atom is 0.261 e. The lowest BCUT2D eigenvalue weighted by Crippen LogP contribution is -2.47. The SMILES string of the molecule is COc1cc(F)ccc1CN1C[C@@H]2C[C@H](C1)c1ccc(-c3nccn3C)c(=O)n1C2. The average molecular weight is 408 g/mol. The second-order valence-corrected chi connectivity index (χ2v) is 8.40. The van der Waals surface area contributed by atoms with Crippen LogP contribution in [0.2, 0.25) is 0 Å². The summed E-state index contributed by atoms with van der Waals surface area (Å²) in [5.74, 6) is 1.73. The number of methoxy groups -OCH3 is 1. The number of nitrogens with zero attached hydrogens (tertiary/aromatic N) is 4. The highest BCUT2D eigenvalue weighted by atomic mass is 19.1. The van der Waals surface area contributed by atoms with E-state index in [0.717, 1.165) is 37.3 Å². The summed E-state index contributed by atoms with van der Waals surface area (Å²) >= 11 is 0. The van der Waals surface area contributed by atoms with E-state index >= 15 is 0 Å². The van der Waals surface area contributed by atoms with E-state index in [1.807, 2.05) is 28.4 Å². The number of likely N-dealkylation sites (tertiary alicyclic amines) is 1. The fourth-order valence-corrected chi connectivity index (χ4v) is 5.06. The van der Waals surface area contributed by atoms with Gasteiger partial charge in [-0.05, 0) is 30.5 Å². The van der Waals surface area contributed by atoms with Gasteiger partial charge in [0.25, 0.3) is 5.56 Å². The number of hydrogen-bond donors (Lipinski definition) is 0. The summed E-state index contributed by atoms with van der Waals surface area (Å²) in [5.41, 5.74) is 2.79. The van der Waals surface area contributed by atoms with Gasteiger partial charge in [0.15, 0.2) is 0 Å². The zero-order valence-electron chi connectivity index (χ0n) is 17.2. The van der Waals surface area contributed by atoms with Crippen molar-refractivity contribution < 1.29 is 9.13 Å². The second-order valence-electron chi connectivity index (χ2n) is 8.40. The van der Waals surface area contributed by atoms with Crippen molar-refractivity contribution in [1.82, 2.24) is 19.0 Å². The van der Waals surface area contributed by atoms with Gasteiger partial charge in [-0.2, -0.15) is 0 Å². The number of ether oxygens (including phenoxy) is 1. The Kier molecular flexibility index (Phi) is 4.70. The Labute approximate surface area is 174 Å². The van der Waals surface area contributed by atoms with Gasteiger partial charge in [-0.3, -0.25) is 9.69 Å².